The highest BCUT2D eigenvalue weighted by molar-refractivity contribution is 5.52. The quantitative estimate of drug-likeness (QED) is 0.893. The highest BCUT2D eigenvalue weighted by Gasteiger charge is 2.36. The van der Waals surface area contributed by atoms with E-state index in [4.69, 9.17) is 4.42 Å². The van der Waals surface area contributed by atoms with Crippen molar-refractivity contribution in [2.45, 2.75) is 39.5 Å². The van der Waals surface area contributed by atoms with Crippen LogP contribution >= 0.6 is 0 Å². The fourth-order valence-corrected chi connectivity index (χ4v) is 2.41. The van der Waals surface area contributed by atoms with E-state index < -0.39 is 0 Å². The van der Waals surface area contributed by atoms with E-state index in [1.165, 1.54) is 6.42 Å². The molecule has 4 heteroatoms. The Morgan fingerprint density at radius 3 is 2.85 bits per heavy atom. The van der Waals surface area contributed by atoms with Crippen molar-refractivity contribution in [2.24, 2.45) is 5.92 Å². The summed E-state index contributed by atoms with van der Waals surface area (Å²) in [6.07, 6.45) is 2.30. The summed E-state index contributed by atoms with van der Waals surface area (Å²) in [4.78, 5) is 9.02. The molecule has 1 aliphatic rings. The molecule has 4 nitrogen and oxygen atoms in total. The monoisotopic (exact) mass is 271 g/mol. The zero-order valence-corrected chi connectivity index (χ0v) is 12.3. The predicted octanol–water partition coefficient (Wildman–Crippen LogP) is 3.99. The van der Waals surface area contributed by atoms with Crippen molar-refractivity contribution in [3.63, 3.8) is 0 Å². The number of aromatic nitrogens is 2. The van der Waals surface area contributed by atoms with Crippen molar-refractivity contribution >= 4 is 5.82 Å². The van der Waals surface area contributed by atoms with Crippen LogP contribution in [-0.4, -0.2) is 16.5 Å². The zero-order chi connectivity index (χ0) is 14.1. The van der Waals surface area contributed by atoms with E-state index in [0.29, 0.717) is 11.7 Å². The molecule has 0 saturated heterocycles. The van der Waals surface area contributed by atoms with Gasteiger partial charge in [0, 0.05) is 24.2 Å². The van der Waals surface area contributed by atoms with E-state index in [0.717, 1.165) is 41.9 Å². The molecule has 2 atom stereocenters. The maximum absolute atomic E-state index is 5.93. The molecule has 106 valence electrons. The molecule has 0 amide bonds. The first-order valence-corrected chi connectivity index (χ1v) is 7.37. The van der Waals surface area contributed by atoms with Crippen LogP contribution in [0.1, 0.15) is 44.1 Å². The third kappa shape index (κ3) is 2.69. The fraction of sp³-hybridized carbons (Fsp3) is 0.500. The Morgan fingerprint density at radius 1 is 1.35 bits per heavy atom. The van der Waals surface area contributed by atoms with Gasteiger partial charge in [0.15, 0.2) is 11.6 Å². The van der Waals surface area contributed by atoms with Crippen molar-refractivity contribution in [2.75, 3.05) is 11.9 Å². The van der Waals surface area contributed by atoms with E-state index in [1.54, 1.807) is 0 Å². The molecule has 2 aromatic rings. The molecule has 0 radical (unpaired) electrons. The lowest BCUT2D eigenvalue weighted by molar-refractivity contribution is 0.515. The average Bonchev–Trinajstić information content (AvgIpc) is 2.97. The van der Waals surface area contributed by atoms with E-state index in [2.05, 4.69) is 35.2 Å². The topological polar surface area (TPSA) is 51.0 Å². The van der Waals surface area contributed by atoms with E-state index in [9.17, 15) is 0 Å². The molecule has 1 saturated carbocycles. The Balaban J connectivity index is 1.85. The van der Waals surface area contributed by atoms with Crippen molar-refractivity contribution in [1.29, 1.82) is 0 Å². The Hall–Kier alpha value is -1.84. The number of rotatable bonds is 5. The summed E-state index contributed by atoms with van der Waals surface area (Å²) in [5.74, 6) is 4.71. The van der Waals surface area contributed by atoms with Gasteiger partial charge in [-0.2, -0.15) is 0 Å². The van der Waals surface area contributed by atoms with Gasteiger partial charge in [-0.25, -0.2) is 9.97 Å². The summed E-state index contributed by atoms with van der Waals surface area (Å²) in [7, 11) is 0. The lowest BCUT2D eigenvalue weighted by Crippen LogP contribution is -2.04. The summed E-state index contributed by atoms with van der Waals surface area (Å²) >= 11 is 0. The van der Waals surface area contributed by atoms with Gasteiger partial charge >= 0.3 is 0 Å². The van der Waals surface area contributed by atoms with Gasteiger partial charge in [0.05, 0.1) is 0 Å². The number of aryl methyl sites for hydroxylation is 1. The van der Waals surface area contributed by atoms with Crippen molar-refractivity contribution in [3.8, 4) is 11.6 Å². The van der Waals surface area contributed by atoms with Crippen LogP contribution in [0.5, 0.6) is 0 Å². The minimum atomic E-state index is 0.589. The number of nitrogens with one attached hydrogen (secondary N) is 1. The summed E-state index contributed by atoms with van der Waals surface area (Å²) in [5, 5.41) is 3.30. The van der Waals surface area contributed by atoms with Crippen LogP contribution in [0.25, 0.3) is 11.6 Å². The number of hydrogen-bond donors (Lipinski definition) is 1. The molecule has 3 rings (SSSR count). The van der Waals surface area contributed by atoms with Gasteiger partial charge in [-0.15, -0.1) is 0 Å². The standard InChI is InChI=1S/C16H21N3O/c1-4-7-17-15-9-11(3)18-16(19-15)14-6-5-13(20-14)12-8-10(12)2/h5-6,9-10,12H,4,7-8H2,1-3H3,(H,17,18,19). The summed E-state index contributed by atoms with van der Waals surface area (Å²) in [6, 6.07) is 6.01. The maximum atomic E-state index is 5.93. The number of furan rings is 1. The van der Waals surface area contributed by atoms with Crippen LogP contribution < -0.4 is 5.32 Å². The number of hydrogen-bond acceptors (Lipinski definition) is 4. The van der Waals surface area contributed by atoms with Crippen LogP contribution in [0.3, 0.4) is 0 Å². The van der Waals surface area contributed by atoms with Crippen LogP contribution in [0.15, 0.2) is 22.6 Å². The minimum absolute atomic E-state index is 0.589. The lowest BCUT2D eigenvalue weighted by Gasteiger charge is -2.06. The first-order chi connectivity index (χ1) is 9.67. The Kier molecular flexibility index (Phi) is 3.47. The van der Waals surface area contributed by atoms with Crippen molar-refractivity contribution < 1.29 is 4.42 Å². The van der Waals surface area contributed by atoms with Crippen molar-refractivity contribution in [3.05, 3.63) is 29.7 Å². The van der Waals surface area contributed by atoms with Crippen molar-refractivity contribution in [1.82, 2.24) is 9.97 Å². The molecule has 1 fully saturated rings. The first-order valence-electron chi connectivity index (χ1n) is 7.37. The molecule has 2 unspecified atom stereocenters. The summed E-state index contributed by atoms with van der Waals surface area (Å²) in [6.45, 7) is 7.29. The normalized spacial score (nSPS) is 20.9. The number of anilines is 1. The van der Waals surface area contributed by atoms with Gasteiger partial charge in [-0.3, -0.25) is 0 Å². The molecule has 0 bridgehead atoms. The van der Waals surface area contributed by atoms with Gasteiger partial charge in [0.2, 0.25) is 0 Å². The second-order valence-electron chi connectivity index (χ2n) is 5.67. The maximum Gasteiger partial charge on any atom is 0.197 e. The fourth-order valence-electron chi connectivity index (χ4n) is 2.41. The van der Waals surface area contributed by atoms with E-state index >= 15 is 0 Å². The molecular formula is C16H21N3O. The summed E-state index contributed by atoms with van der Waals surface area (Å²) in [5.41, 5.74) is 0.950. The molecule has 0 aliphatic heterocycles. The van der Waals surface area contributed by atoms with Crippen LogP contribution in [0, 0.1) is 12.8 Å². The Bertz CT molecular complexity index is 606. The Labute approximate surface area is 119 Å². The molecule has 20 heavy (non-hydrogen) atoms. The highest BCUT2D eigenvalue weighted by atomic mass is 16.3. The van der Waals surface area contributed by atoms with Gasteiger partial charge in [-0.1, -0.05) is 13.8 Å². The molecule has 2 aromatic heterocycles. The molecule has 1 N–H and O–H groups in total. The molecule has 1 aliphatic carbocycles. The molecule has 0 spiro atoms. The summed E-state index contributed by atoms with van der Waals surface area (Å²) < 4.78 is 5.93. The molecular weight excluding hydrogens is 250 g/mol. The van der Waals surface area contributed by atoms with Crippen LogP contribution in [-0.2, 0) is 0 Å². The van der Waals surface area contributed by atoms with Crippen LogP contribution in [0.2, 0.25) is 0 Å². The molecule has 0 aromatic carbocycles. The lowest BCUT2D eigenvalue weighted by atomic mass is 10.3. The Morgan fingerprint density at radius 2 is 2.15 bits per heavy atom. The minimum Gasteiger partial charge on any atom is -0.457 e. The smallest absolute Gasteiger partial charge is 0.197 e. The van der Waals surface area contributed by atoms with Gasteiger partial charge in [0.25, 0.3) is 0 Å². The van der Waals surface area contributed by atoms with Gasteiger partial charge in [0.1, 0.15) is 11.6 Å². The van der Waals surface area contributed by atoms with Gasteiger partial charge in [-0.05, 0) is 37.8 Å². The van der Waals surface area contributed by atoms with Crippen LogP contribution in [0.4, 0.5) is 5.82 Å². The second kappa shape index (κ2) is 5.27. The second-order valence-corrected chi connectivity index (χ2v) is 5.67. The third-order valence-electron chi connectivity index (χ3n) is 3.73. The largest absolute Gasteiger partial charge is 0.457 e. The highest BCUT2D eigenvalue weighted by Crippen LogP contribution is 2.47. The zero-order valence-electron chi connectivity index (χ0n) is 12.3. The SMILES string of the molecule is CCCNc1cc(C)nc(-c2ccc(C3CC3C)o2)n1. The number of nitrogens with zero attached hydrogens (tertiary/aromatic N) is 2. The predicted molar refractivity (Wildman–Crippen MR) is 79.8 cm³/mol. The van der Waals surface area contributed by atoms with Gasteiger partial charge < -0.3 is 9.73 Å². The van der Waals surface area contributed by atoms with E-state index in [1.807, 2.05) is 19.1 Å². The molecule has 2 heterocycles. The average molecular weight is 271 g/mol. The first kappa shape index (κ1) is 13.2. The third-order valence-corrected chi connectivity index (χ3v) is 3.73. The van der Waals surface area contributed by atoms with E-state index in [-0.39, 0.29) is 0 Å².